The van der Waals surface area contributed by atoms with Crippen LogP contribution in [-0.2, 0) is 9.53 Å². The number of aliphatic carboxylic acids is 1. The number of nitrogens with zero attached hydrogens (tertiary/aromatic N) is 1. The van der Waals surface area contributed by atoms with Crippen LogP contribution in [0.5, 0.6) is 0 Å². The van der Waals surface area contributed by atoms with Crippen LogP contribution >= 0.6 is 0 Å². The maximum absolute atomic E-state index is 11.0. The molecule has 2 saturated heterocycles. The highest BCUT2D eigenvalue weighted by Crippen LogP contribution is 2.25. The molecule has 3 atom stereocenters. The summed E-state index contributed by atoms with van der Waals surface area (Å²) in [7, 11) is 0. The number of hydrogen-bond donors (Lipinski definition) is 1. The minimum Gasteiger partial charge on any atom is -0.481 e. The molecular weight excluding hydrogens is 206 g/mol. The Morgan fingerprint density at radius 1 is 1.44 bits per heavy atom. The van der Waals surface area contributed by atoms with Gasteiger partial charge in [0, 0.05) is 19.2 Å². The van der Waals surface area contributed by atoms with E-state index >= 15 is 0 Å². The lowest BCUT2D eigenvalue weighted by Crippen LogP contribution is -2.47. The van der Waals surface area contributed by atoms with Crippen molar-refractivity contribution in [3.8, 4) is 0 Å². The van der Waals surface area contributed by atoms with Gasteiger partial charge in [-0.15, -0.1) is 0 Å². The van der Waals surface area contributed by atoms with E-state index in [1.807, 2.05) is 0 Å². The Labute approximate surface area is 96.6 Å². The topological polar surface area (TPSA) is 49.8 Å². The van der Waals surface area contributed by atoms with Crippen LogP contribution in [0, 0.1) is 5.92 Å². The second-order valence-corrected chi connectivity index (χ2v) is 5.03. The van der Waals surface area contributed by atoms with Crippen molar-refractivity contribution in [1.29, 1.82) is 0 Å². The Kier molecular flexibility index (Phi) is 3.82. The zero-order chi connectivity index (χ0) is 11.5. The van der Waals surface area contributed by atoms with Gasteiger partial charge in [-0.1, -0.05) is 0 Å². The predicted octanol–water partition coefficient (Wildman–Crippen LogP) is 1.35. The zero-order valence-corrected chi connectivity index (χ0v) is 9.89. The predicted molar refractivity (Wildman–Crippen MR) is 60.4 cm³/mol. The summed E-state index contributed by atoms with van der Waals surface area (Å²) in [6.45, 7) is 4.71. The summed E-state index contributed by atoms with van der Waals surface area (Å²) in [5.41, 5.74) is 0. The van der Waals surface area contributed by atoms with E-state index in [4.69, 9.17) is 9.84 Å². The van der Waals surface area contributed by atoms with Gasteiger partial charge in [0.2, 0.25) is 0 Å². The molecule has 4 heteroatoms. The Bertz CT molecular complexity index is 257. The molecule has 0 bridgehead atoms. The summed E-state index contributed by atoms with van der Waals surface area (Å²) in [6.07, 6.45) is 4.28. The summed E-state index contributed by atoms with van der Waals surface area (Å²) in [6, 6.07) is 0.533. The number of carboxylic acid groups (broad SMARTS) is 1. The van der Waals surface area contributed by atoms with Gasteiger partial charge in [-0.3, -0.25) is 9.69 Å². The van der Waals surface area contributed by atoms with E-state index in [9.17, 15) is 4.79 Å². The van der Waals surface area contributed by atoms with E-state index in [-0.39, 0.29) is 5.92 Å². The highest BCUT2D eigenvalue weighted by molar-refractivity contribution is 5.70. The summed E-state index contributed by atoms with van der Waals surface area (Å²) in [5.74, 6) is -0.795. The Balaban J connectivity index is 1.90. The van der Waals surface area contributed by atoms with Crippen molar-refractivity contribution in [3.05, 3.63) is 0 Å². The number of rotatable bonds is 2. The second-order valence-electron chi connectivity index (χ2n) is 5.03. The molecule has 0 aromatic carbocycles. The maximum Gasteiger partial charge on any atom is 0.307 e. The van der Waals surface area contributed by atoms with E-state index in [0.29, 0.717) is 12.1 Å². The van der Waals surface area contributed by atoms with Crippen LogP contribution in [0.15, 0.2) is 0 Å². The Morgan fingerprint density at radius 2 is 2.25 bits per heavy atom. The fourth-order valence-electron chi connectivity index (χ4n) is 2.85. The minimum absolute atomic E-state index is 0.160. The fourth-order valence-corrected chi connectivity index (χ4v) is 2.85. The van der Waals surface area contributed by atoms with Crippen molar-refractivity contribution in [2.45, 2.75) is 44.8 Å². The van der Waals surface area contributed by atoms with Gasteiger partial charge in [-0.2, -0.15) is 0 Å². The molecule has 2 rings (SSSR count). The van der Waals surface area contributed by atoms with Gasteiger partial charge in [-0.05, 0) is 39.2 Å². The third-order valence-corrected chi connectivity index (χ3v) is 3.78. The third-order valence-electron chi connectivity index (χ3n) is 3.78. The van der Waals surface area contributed by atoms with Crippen LogP contribution < -0.4 is 0 Å². The molecule has 1 N–H and O–H groups in total. The molecule has 2 aliphatic rings. The summed E-state index contributed by atoms with van der Waals surface area (Å²) in [4.78, 5) is 13.4. The largest absolute Gasteiger partial charge is 0.481 e. The summed E-state index contributed by atoms with van der Waals surface area (Å²) >= 11 is 0. The molecule has 0 amide bonds. The highest BCUT2D eigenvalue weighted by atomic mass is 16.5. The van der Waals surface area contributed by atoms with E-state index < -0.39 is 5.97 Å². The van der Waals surface area contributed by atoms with Crippen molar-refractivity contribution >= 4 is 5.97 Å². The van der Waals surface area contributed by atoms with Crippen LogP contribution in [0.4, 0.5) is 0 Å². The molecule has 0 aromatic heterocycles. The number of piperidine rings is 1. The lowest BCUT2D eigenvalue weighted by molar-refractivity contribution is -0.144. The molecule has 0 spiro atoms. The van der Waals surface area contributed by atoms with Crippen molar-refractivity contribution in [3.63, 3.8) is 0 Å². The maximum atomic E-state index is 11.0. The lowest BCUT2D eigenvalue weighted by Gasteiger charge is -2.40. The molecule has 0 aliphatic carbocycles. The molecule has 2 heterocycles. The average Bonchev–Trinajstić information content (AvgIpc) is 2.29. The first-order chi connectivity index (χ1) is 7.66. The fraction of sp³-hybridized carbons (Fsp3) is 0.917. The van der Waals surface area contributed by atoms with Gasteiger partial charge in [0.25, 0.3) is 0 Å². The first-order valence-electron chi connectivity index (χ1n) is 6.25. The van der Waals surface area contributed by atoms with Gasteiger partial charge >= 0.3 is 5.97 Å². The Hall–Kier alpha value is -0.610. The molecule has 3 unspecified atom stereocenters. The van der Waals surface area contributed by atoms with Crippen molar-refractivity contribution in [2.24, 2.45) is 5.92 Å². The minimum atomic E-state index is -0.634. The molecule has 0 saturated carbocycles. The summed E-state index contributed by atoms with van der Waals surface area (Å²) < 4.78 is 5.53. The number of carboxylic acids is 1. The van der Waals surface area contributed by atoms with Gasteiger partial charge in [0.15, 0.2) is 0 Å². The summed E-state index contributed by atoms with van der Waals surface area (Å²) in [5, 5.41) is 9.06. The average molecular weight is 227 g/mol. The number of likely N-dealkylation sites (tertiary alicyclic amines) is 1. The van der Waals surface area contributed by atoms with E-state index in [2.05, 4.69) is 11.8 Å². The van der Waals surface area contributed by atoms with Gasteiger partial charge in [0.1, 0.15) is 0 Å². The van der Waals surface area contributed by atoms with Crippen LogP contribution in [-0.4, -0.2) is 47.8 Å². The standard InChI is InChI=1S/C12H21NO3/c1-9-7-11(4-6-16-9)13-5-2-3-10(8-13)12(14)15/h9-11H,2-8H2,1H3,(H,14,15). The SMILES string of the molecule is CC1CC(N2CCCC(C(=O)O)C2)CCO1. The number of carbonyl (C=O) groups is 1. The molecule has 92 valence electrons. The number of hydrogen-bond acceptors (Lipinski definition) is 3. The molecule has 0 radical (unpaired) electrons. The van der Waals surface area contributed by atoms with Crippen molar-refractivity contribution in [1.82, 2.24) is 4.90 Å². The van der Waals surface area contributed by atoms with Gasteiger partial charge in [-0.25, -0.2) is 0 Å². The molecule has 2 aliphatic heterocycles. The van der Waals surface area contributed by atoms with E-state index in [0.717, 1.165) is 45.4 Å². The van der Waals surface area contributed by atoms with Crippen molar-refractivity contribution in [2.75, 3.05) is 19.7 Å². The lowest BCUT2D eigenvalue weighted by atomic mass is 9.94. The van der Waals surface area contributed by atoms with Crippen LogP contribution in [0.2, 0.25) is 0 Å². The first kappa shape index (κ1) is 11.9. The number of ether oxygens (including phenoxy) is 1. The van der Waals surface area contributed by atoms with Gasteiger partial charge < -0.3 is 9.84 Å². The molecule has 2 fully saturated rings. The van der Waals surface area contributed by atoms with Crippen LogP contribution in [0.1, 0.15) is 32.6 Å². The molecular formula is C12H21NO3. The normalized spacial score (nSPS) is 37.2. The zero-order valence-electron chi connectivity index (χ0n) is 9.89. The third kappa shape index (κ3) is 2.74. The molecule has 16 heavy (non-hydrogen) atoms. The quantitative estimate of drug-likeness (QED) is 0.773. The monoisotopic (exact) mass is 227 g/mol. The van der Waals surface area contributed by atoms with Crippen LogP contribution in [0.25, 0.3) is 0 Å². The van der Waals surface area contributed by atoms with Crippen LogP contribution in [0.3, 0.4) is 0 Å². The molecule has 0 aromatic rings. The van der Waals surface area contributed by atoms with E-state index in [1.165, 1.54) is 0 Å². The van der Waals surface area contributed by atoms with Gasteiger partial charge in [0.05, 0.1) is 12.0 Å². The highest BCUT2D eigenvalue weighted by Gasteiger charge is 2.31. The van der Waals surface area contributed by atoms with E-state index in [1.54, 1.807) is 0 Å². The second kappa shape index (κ2) is 5.15. The first-order valence-corrected chi connectivity index (χ1v) is 6.25. The smallest absolute Gasteiger partial charge is 0.307 e. The Morgan fingerprint density at radius 3 is 2.94 bits per heavy atom. The molecule has 4 nitrogen and oxygen atoms in total. The van der Waals surface area contributed by atoms with Crippen molar-refractivity contribution < 1.29 is 14.6 Å².